The van der Waals surface area contributed by atoms with Gasteiger partial charge in [-0.05, 0) is 36.2 Å². The SMILES string of the molecule is COCCCN(c1nc(Nc2ccc3c(c2)S(=O)(=O)NC3)ncc1F)c1cccc2[nH]ncc12. The molecule has 0 radical (unpaired) electrons. The molecular formula is C22H22FN7O3S. The van der Waals surface area contributed by atoms with E-state index in [-0.39, 0.29) is 23.2 Å². The summed E-state index contributed by atoms with van der Waals surface area (Å²) >= 11 is 0. The number of fused-ring (bicyclic) bond motifs is 2. The van der Waals surface area contributed by atoms with E-state index in [9.17, 15) is 8.42 Å². The van der Waals surface area contributed by atoms with E-state index >= 15 is 4.39 Å². The summed E-state index contributed by atoms with van der Waals surface area (Å²) in [6, 6.07) is 10.6. The van der Waals surface area contributed by atoms with Gasteiger partial charge in [-0.3, -0.25) is 5.10 Å². The van der Waals surface area contributed by atoms with Crippen LogP contribution in [0.3, 0.4) is 0 Å². The van der Waals surface area contributed by atoms with Gasteiger partial charge in [-0.1, -0.05) is 12.1 Å². The number of rotatable bonds is 8. The monoisotopic (exact) mass is 483 g/mol. The van der Waals surface area contributed by atoms with Crippen molar-refractivity contribution in [3.63, 3.8) is 0 Å². The fourth-order valence-corrected chi connectivity index (χ4v) is 5.18. The first-order chi connectivity index (χ1) is 16.5. The van der Waals surface area contributed by atoms with Crippen molar-refractivity contribution in [2.45, 2.75) is 17.9 Å². The van der Waals surface area contributed by atoms with Crippen LogP contribution in [-0.4, -0.2) is 48.8 Å². The number of aromatic nitrogens is 4. The summed E-state index contributed by atoms with van der Waals surface area (Å²) in [5.74, 6) is -0.377. The van der Waals surface area contributed by atoms with Gasteiger partial charge in [-0.15, -0.1) is 0 Å². The molecule has 0 saturated heterocycles. The molecule has 3 heterocycles. The standard InChI is InChI=1S/C22H22FN7O3S/c1-33-9-3-8-30(19-5-2-4-18-16(19)12-25-29-18)21-17(23)13-24-22(28-21)27-15-7-6-14-11-26-34(31,32)20(14)10-15/h2,4-7,10,12-13,26H,3,8-9,11H2,1H3,(H,25,29)(H,24,27,28). The number of ether oxygens (including phenoxy) is 1. The fourth-order valence-electron chi connectivity index (χ4n) is 3.91. The molecule has 0 aliphatic carbocycles. The Hall–Kier alpha value is -3.61. The molecule has 5 rings (SSSR count). The fraction of sp³-hybridized carbons (Fsp3) is 0.227. The molecule has 10 nitrogen and oxygen atoms in total. The normalized spacial score (nSPS) is 14.3. The molecule has 12 heteroatoms. The van der Waals surface area contributed by atoms with Crippen LogP contribution in [0.15, 0.2) is 53.7 Å². The highest BCUT2D eigenvalue weighted by Gasteiger charge is 2.26. The largest absolute Gasteiger partial charge is 0.385 e. The number of nitrogens with zero attached hydrogens (tertiary/aromatic N) is 4. The molecule has 0 bridgehead atoms. The molecule has 176 valence electrons. The lowest BCUT2D eigenvalue weighted by Crippen LogP contribution is -2.23. The van der Waals surface area contributed by atoms with Crippen LogP contribution in [-0.2, 0) is 21.3 Å². The van der Waals surface area contributed by atoms with Gasteiger partial charge in [-0.2, -0.15) is 10.1 Å². The summed E-state index contributed by atoms with van der Waals surface area (Å²) in [5.41, 5.74) is 2.71. The Balaban J connectivity index is 1.51. The maximum atomic E-state index is 15.0. The molecule has 1 aliphatic heterocycles. The van der Waals surface area contributed by atoms with Crippen LogP contribution < -0.4 is 14.9 Å². The minimum atomic E-state index is -3.53. The topological polar surface area (TPSA) is 125 Å². The number of sulfonamides is 1. The van der Waals surface area contributed by atoms with Crippen LogP contribution >= 0.6 is 0 Å². The van der Waals surface area contributed by atoms with Gasteiger partial charge in [0.15, 0.2) is 11.6 Å². The van der Waals surface area contributed by atoms with Crippen LogP contribution in [0.25, 0.3) is 10.9 Å². The van der Waals surface area contributed by atoms with Gasteiger partial charge in [0.05, 0.1) is 28.5 Å². The van der Waals surface area contributed by atoms with Crippen LogP contribution in [0.2, 0.25) is 0 Å². The first-order valence-corrected chi connectivity index (χ1v) is 12.1. The number of hydrogen-bond acceptors (Lipinski definition) is 8. The number of nitrogens with one attached hydrogen (secondary N) is 3. The smallest absolute Gasteiger partial charge is 0.241 e. The van der Waals surface area contributed by atoms with Gasteiger partial charge < -0.3 is 15.0 Å². The lowest BCUT2D eigenvalue weighted by Gasteiger charge is -2.25. The van der Waals surface area contributed by atoms with Crippen LogP contribution in [0.4, 0.5) is 27.5 Å². The number of H-pyrrole nitrogens is 1. The molecule has 0 atom stereocenters. The molecule has 0 saturated carbocycles. The summed E-state index contributed by atoms with van der Waals surface area (Å²) in [5, 5.41) is 10.8. The molecule has 3 N–H and O–H groups in total. The van der Waals surface area contributed by atoms with Gasteiger partial charge in [0.25, 0.3) is 0 Å². The number of hydrogen-bond donors (Lipinski definition) is 3. The molecule has 34 heavy (non-hydrogen) atoms. The van der Waals surface area contributed by atoms with Gasteiger partial charge in [0, 0.05) is 37.9 Å². The van der Waals surface area contributed by atoms with E-state index in [1.165, 1.54) is 6.07 Å². The van der Waals surface area contributed by atoms with E-state index in [1.807, 2.05) is 18.2 Å². The van der Waals surface area contributed by atoms with Crippen molar-refractivity contribution < 1.29 is 17.5 Å². The van der Waals surface area contributed by atoms with Gasteiger partial charge in [-0.25, -0.2) is 22.5 Å². The second-order valence-corrected chi connectivity index (χ2v) is 9.48. The Morgan fingerprint density at radius 1 is 1.24 bits per heavy atom. The zero-order chi connectivity index (χ0) is 23.7. The third kappa shape index (κ3) is 4.18. The highest BCUT2D eigenvalue weighted by molar-refractivity contribution is 7.89. The van der Waals surface area contributed by atoms with Gasteiger partial charge in [0.1, 0.15) is 0 Å². The number of methoxy groups -OCH3 is 1. The average Bonchev–Trinajstić information content (AvgIpc) is 3.43. The van der Waals surface area contributed by atoms with E-state index in [4.69, 9.17) is 4.74 Å². The highest BCUT2D eigenvalue weighted by atomic mass is 32.2. The zero-order valence-corrected chi connectivity index (χ0v) is 19.1. The van der Waals surface area contributed by atoms with Crippen molar-refractivity contribution in [1.82, 2.24) is 24.9 Å². The number of aromatic amines is 1. The third-order valence-corrected chi connectivity index (χ3v) is 7.01. The summed E-state index contributed by atoms with van der Waals surface area (Å²) in [4.78, 5) is 10.5. The molecule has 0 unspecified atom stereocenters. The molecule has 0 fully saturated rings. The summed E-state index contributed by atoms with van der Waals surface area (Å²) in [7, 11) is -1.92. The van der Waals surface area contributed by atoms with Crippen molar-refractivity contribution in [3.8, 4) is 0 Å². The molecule has 0 spiro atoms. The van der Waals surface area contributed by atoms with Crippen molar-refractivity contribution in [2.24, 2.45) is 0 Å². The second-order valence-electron chi connectivity index (χ2n) is 7.74. The van der Waals surface area contributed by atoms with E-state index in [0.717, 1.165) is 22.8 Å². The lowest BCUT2D eigenvalue weighted by molar-refractivity contribution is 0.196. The Morgan fingerprint density at radius 3 is 2.97 bits per heavy atom. The molecule has 2 aromatic carbocycles. The molecule has 4 aromatic rings. The molecule has 2 aromatic heterocycles. The molecule has 1 aliphatic rings. The lowest BCUT2D eigenvalue weighted by atomic mass is 10.2. The van der Waals surface area contributed by atoms with E-state index in [0.29, 0.717) is 30.8 Å². The third-order valence-electron chi connectivity index (χ3n) is 5.53. The minimum absolute atomic E-state index is 0.0813. The quantitative estimate of drug-likeness (QED) is 0.326. The first kappa shape index (κ1) is 22.2. The predicted octanol–water partition coefficient (Wildman–Crippen LogP) is 3.20. The van der Waals surface area contributed by atoms with Crippen molar-refractivity contribution in [1.29, 1.82) is 0 Å². The van der Waals surface area contributed by atoms with Crippen LogP contribution in [0.1, 0.15) is 12.0 Å². The Labute approximate surface area is 195 Å². The van der Waals surface area contributed by atoms with Crippen molar-refractivity contribution in [3.05, 3.63) is 60.2 Å². The summed E-state index contributed by atoms with van der Waals surface area (Å²) in [6.45, 7) is 1.19. The molecule has 0 amide bonds. The average molecular weight is 484 g/mol. The van der Waals surface area contributed by atoms with Crippen molar-refractivity contribution in [2.75, 3.05) is 30.5 Å². The summed E-state index contributed by atoms with van der Waals surface area (Å²) in [6.07, 6.45) is 3.41. The second kappa shape index (κ2) is 8.97. The maximum absolute atomic E-state index is 15.0. The highest BCUT2D eigenvalue weighted by Crippen LogP contribution is 2.33. The minimum Gasteiger partial charge on any atom is -0.385 e. The van der Waals surface area contributed by atoms with E-state index < -0.39 is 15.8 Å². The van der Waals surface area contributed by atoms with Crippen LogP contribution in [0, 0.1) is 5.82 Å². The maximum Gasteiger partial charge on any atom is 0.241 e. The van der Waals surface area contributed by atoms with Crippen molar-refractivity contribution >= 4 is 44.1 Å². The Morgan fingerprint density at radius 2 is 2.12 bits per heavy atom. The zero-order valence-electron chi connectivity index (χ0n) is 18.2. The number of benzene rings is 2. The Kier molecular flexibility index (Phi) is 5.86. The predicted molar refractivity (Wildman–Crippen MR) is 125 cm³/mol. The summed E-state index contributed by atoms with van der Waals surface area (Å²) < 4.78 is 47.0. The number of halogens is 1. The van der Waals surface area contributed by atoms with Gasteiger partial charge in [0.2, 0.25) is 16.0 Å². The molecular weight excluding hydrogens is 461 g/mol. The Bertz CT molecular complexity index is 1460. The van der Waals surface area contributed by atoms with E-state index in [2.05, 4.69) is 30.2 Å². The first-order valence-electron chi connectivity index (χ1n) is 10.6. The number of anilines is 4. The van der Waals surface area contributed by atoms with Crippen LogP contribution in [0.5, 0.6) is 0 Å². The van der Waals surface area contributed by atoms with E-state index in [1.54, 1.807) is 30.3 Å². The van der Waals surface area contributed by atoms with Gasteiger partial charge >= 0.3 is 0 Å².